The highest BCUT2D eigenvalue weighted by Crippen LogP contribution is 2.25. The first-order chi connectivity index (χ1) is 8.63. The van der Waals surface area contributed by atoms with Crippen LogP contribution in [0.3, 0.4) is 0 Å². The van der Waals surface area contributed by atoms with Crippen molar-refractivity contribution in [2.45, 2.75) is 38.0 Å². The number of nitrogens with one attached hydrogen (secondary N) is 2. The third-order valence-corrected chi connectivity index (χ3v) is 4.78. The van der Waals surface area contributed by atoms with Crippen LogP contribution in [0.2, 0.25) is 0 Å². The molecule has 4 nitrogen and oxygen atoms in total. The van der Waals surface area contributed by atoms with Crippen molar-refractivity contribution in [2.75, 3.05) is 39.5 Å². The van der Waals surface area contributed by atoms with Crippen molar-refractivity contribution in [2.24, 2.45) is 4.99 Å². The SMILES string of the molecule is CN=C(NCCN(C)C(C)C)NCC1CCCS1.I. The summed E-state index contributed by atoms with van der Waals surface area (Å²) in [6.07, 6.45) is 2.70. The van der Waals surface area contributed by atoms with Gasteiger partial charge in [0.25, 0.3) is 0 Å². The number of hydrogen-bond donors (Lipinski definition) is 2. The molecule has 1 unspecified atom stereocenters. The van der Waals surface area contributed by atoms with E-state index < -0.39 is 0 Å². The molecule has 0 aromatic carbocycles. The van der Waals surface area contributed by atoms with Crippen LogP contribution in [0.4, 0.5) is 0 Å². The first-order valence-corrected chi connectivity index (χ1v) is 7.94. The van der Waals surface area contributed by atoms with E-state index >= 15 is 0 Å². The monoisotopic (exact) mass is 400 g/mol. The molecule has 0 radical (unpaired) electrons. The van der Waals surface area contributed by atoms with Crippen LogP contribution in [0.5, 0.6) is 0 Å². The standard InChI is InChI=1S/C13H28N4S.HI/c1-11(2)17(4)8-7-15-13(14-3)16-10-12-6-5-9-18-12;/h11-12H,5-10H2,1-4H3,(H2,14,15,16);1H. The zero-order valence-corrected chi connectivity index (χ0v) is 15.8. The Hall–Kier alpha value is 0.310. The van der Waals surface area contributed by atoms with Crippen LogP contribution in [0.25, 0.3) is 0 Å². The maximum atomic E-state index is 4.26. The second kappa shape index (κ2) is 11.0. The summed E-state index contributed by atoms with van der Waals surface area (Å²) in [5.41, 5.74) is 0. The van der Waals surface area contributed by atoms with E-state index in [1.54, 1.807) is 0 Å². The first-order valence-electron chi connectivity index (χ1n) is 6.90. The zero-order valence-electron chi connectivity index (χ0n) is 12.6. The van der Waals surface area contributed by atoms with Gasteiger partial charge in [-0.15, -0.1) is 24.0 Å². The van der Waals surface area contributed by atoms with Gasteiger partial charge in [0.2, 0.25) is 0 Å². The van der Waals surface area contributed by atoms with Gasteiger partial charge in [-0.3, -0.25) is 4.99 Å². The molecule has 0 spiro atoms. The fraction of sp³-hybridized carbons (Fsp3) is 0.923. The van der Waals surface area contributed by atoms with Crippen molar-refractivity contribution < 1.29 is 0 Å². The molecule has 1 rings (SSSR count). The maximum Gasteiger partial charge on any atom is 0.191 e. The largest absolute Gasteiger partial charge is 0.355 e. The van der Waals surface area contributed by atoms with E-state index in [1.807, 2.05) is 7.05 Å². The average Bonchev–Trinajstić information content (AvgIpc) is 2.86. The Balaban J connectivity index is 0.00000324. The second-order valence-electron chi connectivity index (χ2n) is 5.09. The van der Waals surface area contributed by atoms with E-state index in [1.165, 1.54) is 18.6 Å². The van der Waals surface area contributed by atoms with Crippen LogP contribution < -0.4 is 10.6 Å². The molecule has 0 aromatic rings. The van der Waals surface area contributed by atoms with E-state index in [2.05, 4.69) is 53.2 Å². The van der Waals surface area contributed by atoms with Crippen LogP contribution in [0, 0.1) is 0 Å². The number of halogens is 1. The molecule has 6 heteroatoms. The molecule has 0 aromatic heterocycles. The van der Waals surface area contributed by atoms with Crippen LogP contribution >= 0.6 is 35.7 Å². The summed E-state index contributed by atoms with van der Waals surface area (Å²) in [6.45, 7) is 7.43. The van der Waals surface area contributed by atoms with Crippen LogP contribution in [0.1, 0.15) is 26.7 Å². The zero-order chi connectivity index (χ0) is 13.4. The lowest BCUT2D eigenvalue weighted by molar-refractivity contribution is 0.278. The smallest absolute Gasteiger partial charge is 0.191 e. The van der Waals surface area contributed by atoms with Crippen molar-refractivity contribution in [1.29, 1.82) is 0 Å². The molecule has 2 N–H and O–H groups in total. The number of likely N-dealkylation sites (N-methyl/N-ethyl adjacent to an activating group) is 1. The molecule has 0 bridgehead atoms. The topological polar surface area (TPSA) is 39.7 Å². The average molecular weight is 400 g/mol. The van der Waals surface area contributed by atoms with E-state index in [0.29, 0.717) is 6.04 Å². The van der Waals surface area contributed by atoms with Gasteiger partial charge in [-0.1, -0.05) is 0 Å². The second-order valence-corrected chi connectivity index (χ2v) is 6.50. The Morgan fingerprint density at radius 1 is 1.42 bits per heavy atom. The van der Waals surface area contributed by atoms with E-state index in [4.69, 9.17) is 0 Å². The lowest BCUT2D eigenvalue weighted by Gasteiger charge is -2.22. The summed E-state index contributed by atoms with van der Waals surface area (Å²) >= 11 is 2.07. The molecule has 0 amide bonds. The minimum atomic E-state index is 0. The lowest BCUT2D eigenvalue weighted by atomic mass is 10.2. The third kappa shape index (κ3) is 8.24. The minimum absolute atomic E-state index is 0. The predicted octanol–water partition coefficient (Wildman–Crippen LogP) is 2.01. The van der Waals surface area contributed by atoms with Crippen LogP contribution in [-0.4, -0.2) is 61.6 Å². The summed E-state index contributed by atoms with van der Waals surface area (Å²) in [5, 5.41) is 7.55. The Morgan fingerprint density at radius 3 is 2.68 bits per heavy atom. The molecule has 0 saturated carbocycles. The molecule has 19 heavy (non-hydrogen) atoms. The Morgan fingerprint density at radius 2 is 2.16 bits per heavy atom. The maximum absolute atomic E-state index is 4.26. The minimum Gasteiger partial charge on any atom is -0.355 e. The molecule has 0 aliphatic carbocycles. The van der Waals surface area contributed by atoms with Gasteiger partial charge >= 0.3 is 0 Å². The van der Waals surface area contributed by atoms with Crippen molar-refractivity contribution in [1.82, 2.24) is 15.5 Å². The highest BCUT2D eigenvalue weighted by atomic mass is 127. The summed E-state index contributed by atoms with van der Waals surface area (Å²) in [4.78, 5) is 6.58. The van der Waals surface area contributed by atoms with Gasteiger partial charge < -0.3 is 15.5 Å². The number of guanidine groups is 1. The third-order valence-electron chi connectivity index (χ3n) is 3.38. The van der Waals surface area contributed by atoms with Crippen molar-refractivity contribution >= 4 is 41.7 Å². The van der Waals surface area contributed by atoms with Crippen LogP contribution in [-0.2, 0) is 0 Å². The van der Waals surface area contributed by atoms with Crippen LogP contribution in [0.15, 0.2) is 4.99 Å². The highest BCUT2D eigenvalue weighted by molar-refractivity contribution is 14.0. The van der Waals surface area contributed by atoms with Gasteiger partial charge in [-0.05, 0) is 39.5 Å². The summed E-state index contributed by atoms with van der Waals surface area (Å²) in [7, 11) is 3.99. The highest BCUT2D eigenvalue weighted by Gasteiger charge is 2.15. The number of hydrogen-bond acceptors (Lipinski definition) is 3. The quantitative estimate of drug-likeness (QED) is 0.407. The molecular formula is C13H29IN4S. The number of nitrogens with zero attached hydrogens (tertiary/aromatic N) is 2. The lowest BCUT2D eigenvalue weighted by Crippen LogP contribution is -2.43. The van der Waals surface area contributed by atoms with Gasteiger partial charge in [-0.2, -0.15) is 11.8 Å². The fourth-order valence-electron chi connectivity index (χ4n) is 1.85. The number of rotatable bonds is 6. The predicted molar refractivity (Wildman–Crippen MR) is 98.0 cm³/mol. The van der Waals surface area contributed by atoms with Crippen molar-refractivity contribution in [3.05, 3.63) is 0 Å². The Bertz CT molecular complexity index is 255. The summed E-state index contributed by atoms with van der Waals surface area (Å²) in [5.74, 6) is 2.25. The summed E-state index contributed by atoms with van der Waals surface area (Å²) < 4.78 is 0. The number of aliphatic imine (C=N–C) groups is 1. The van der Waals surface area contributed by atoms with Gasteiger partial charge in [0.1, 0.15) is 0 Å². The van der Waals surface area contributed by atoms with Gasteiger partial charge in [-0.25, -0.2) is 0 Å². The van der Waals surface area contributed by atoms with Gasteiger partial charge in [0.05, 0.1) is 0 Å². The van der Waals surface area contributed by atoms with Crippen molar-refractivity contribution in [3.63, 3.8) is 0 Å². The molecular weight excluding hydrogens is 371 g/mol. The molecule has 1 fully saturated rings. The van der Waals surface area contributed by atoms with E-state index in [-0.39, 0.29) is 24.0 Å². The Labute approximate surface area is 139 Å². The first kappa shape index (κ1) is 19.3. The molecule has 114 valence electrons. The van der Waals surface area contributed by atoms with Crippen molar-refractivity contribution in [3.8, 4) is 0 Å². The van der Waals surface area contributed by atoms with E-state index in [9.17, 15) is 0 Å². The molecule has 1 atom stereocenters. The molecule has 1 saturated heterocycles. The fourth-order valence-corrected chi connectivity index (χ4v) is 3.05. The van der Waals surface area contributed by atoms with Gasteiger partial charge in [0.15, 0.2) is 5.96 Å². The number of thioether (sulfide) groups is 1. The Kier molecular flexibility index (Phi) is 11.2. The summed E-state index contributed by atoms with van der Waals surface area (Å²) in [6, 6.07) is 0.594. The van der Waals surface area contributed by atoms with E-state index in [0.717, 1.165) is 30.8 Å². The molecule has 1 heterocycles. The van der Waals surface area contributed by atoms with Gasteiger partial charge in [0, 0.05) is 38.0 Å². The molecule has 1 aliphatic rings. The molecule has 1 aliphatic heterocycles. The normalized spacial score (nSPS) is 19.7.